The van der Waals surface area contributed by atoms with Gasteiger partial charge in [-0.25, -0.2) is 0 Å². The van der Waals surface area contributed by atoms with Crippen LogP contribution in [0.25, 0.3) is 20.9 Å². The third kappa shape index (κ3) is 1.88. The molecule has 98 valence electrons. The van der Waals surface area contributed by atoms with Crippen LogP contribution in [-0.2, 0) is 5.41 Å². The molecule has 0 nitrogen and oxygen atoms in total. The maximum Gasteiger partial charge on any atom is 0.0392 e. The van der Waals surface area contributed by atoms with Gasteiger partial charge in [0.15, 0.2) is 0 Å². The Hall–Kier alpha value is -1.34. The van der Waals surface area contributed by atoms with Crippen LogP contribution in [0.5, 0.6) is 0 Å². The van der Waals surface area contributed by atoms with Crippen molar-refractivity contribution in [3.63, 3.8) is 0 Å². The van der Waals surface area contributed by atoms with E-state index in [9.17, 15) is 0 Å². The molecule has 0 spiro atoms. The van der Waals surface area contributed by atoms with Gasteiger partial charge in [0.1, 0.15) is 0 Å². The molecule has 1 aromatic heterocycles. The average Bonchev–Trinajstić information content (AvgIpc) is 2.69. The van der Waals surface area contributed by atoms with Crippen LogP contribution in [0.2, 0.25) is 0 Å². The predicted molar refractivity (Wildman–Crippen MR) is 87.5 cm³/mol. The molecule has 0 saturated heterocycles. The average molecular weight is 268 g/mol. The lowest BCUT2D eigenvalue weighted by Crippen LogP contribution is -2.13. The van der Waals surface area contributed by atoms with Gasteiger partial charge in [-0.2, -0.15) is 0 Å². The van der Waals surface area contributed by atoms with Crippen LogP contribution in [0.4, 0.5) is 0 Å². The van der Waals surface area contributed by atoms with Gasteiger partial charge in [-0.05, 0) is 47.2 Å². The lowest BCUT2D eigenvalue weighted by molar-refractivity contribution is 0.594. The second kappa shape index (κ2) is 4.08. The van der Waals surface area contributed by atoms with E-state index in [1.54, 1.807) is 0 Å². The fraction of sp³-hybridized carbons (Fsp3) is 0.333. The van der Waals surface area contributed by atoms with Crippen LogP contribution < -0.4 is 0 Å². The van der Waals surface area contributed by atoms with E-state index >= 15 is 0 Å². The number of hydrogen-bond acceptors (Lipinski definition) is 1. The molecule has 0 N–H and O–H groups in total. The Labute approximate surface area is 119 Å². The molecular formula is C18H20S. The zero-order valence-electron chi connectivity index (χ0n) is 12.3. The summed E-state index contributed by atoms with van der Waals surface area (Å²) >= 11 is 1.93. The van der Waals surface area contributed by atoms with E-state index in [1.807, 2.05) is 11.3 Å². The number of thiophene rings is 1. The second-order valence-electron chi connectivity index (χ2n) is 6.40. The molecule has 2 aromatic carbocycles. The van der Waals surface area contributed by atoms with Crippen LogP contribution in [0.1, 0.15) is 36.8 Å². The minimum Gasteiger partial charge on any atom is -0.140 e. The summed E-state index contributed by atoms with van der Waals surface area (Å²) in [6.07, 6.45) is 0. The van der Waals surface area contributed by atoms with Crippen LogP contribution in [0.15, 0.2) is 30.3 Å². The maximum atomic E-state index is 2.34. The molecular weight excluding hydrogens is 248 g/mol. The zero-order chi connectivity index (χ0) is 13.8. The van der Waals surface area contributed by atoms with E-state index in [2.05, 4.69) is 65.0 Å². The summed E-state index contributed by atoms with van der Waals surface area (Å²) in [5, 5.41) is 4.22. The molecule has 3 aromatic rings. The highest BCUT2D eigenvalue weighted by Gasteiger charge is 2.23. The van der Waals surface area contributed by atoms with E-state index < -0.39 is 0 Å². The minimum atomic E-state index is 0.184. The first-order chi connectivity index (χ1) is 8.89. The maximum absolute atomic E-state index is 2.34. The van der Waals surface area contributed by atoms with Crippen molar-refractivity contribution < 1.29 is 0 Å². The van der Waals surface area contributed by atoms with Crippen molar-refractivity contribution >= 4 is 32.2 Å². The van der Waals surface area contributed by atoms with Gasteiger partial charge < -0.3 is 0 Å². The predicted octanol–water partition coefficient (Wildman–Crippen LogP) is 5.97. The number of fused-ring (bicyclic) bond motifs is 3. The van der Waals surface area contributed by atoms with Crippen molar-refractivity contribution in [1.82, 2.24) is 0 Å². The molecule has 1 heterocycles. The van der Waals surface area contributed by atoms with Gasteiger partial charge in [0.25, 0.3) is 0 Å². The summed E-state index contributed by atoms with van der Waals surface area (Å²) < 4.78 is 1.47. The molecule has 0 aliphatic heterocycles. The molecule has 0 saturated carbocycles. The fourth-order valence-corrected chi connectivity index (χ4v) is 4.49. The molecule has 0 unspecified atom stereocenters. The lowest BCUT2D eigenvalue weighted by Gasteiger charge is -2.24. The highest BCUT2D eigenvalue weighted by atomic mass is 32.1. The summed E-state index contributed by atoms with van der Waals surface area (Å²) in [5.74, 6) is 0. The Bertz CT molecular complexity index is 770. The number of hydrogen-bond donors (Lipinski definition) is 0. The Morgan fingerprint density at radius 2 is 1.53 bits per heavy atom. The fourth-order valence-electron chi connectivity index (χ4n) is 3.15. The molecule has 0 radical (unpaired) electrons. The molecule has 0 atom stereocenters. The molecule has 3 rings (SSSR count). The van der Waals surface area contributed by atoms with Gasteiger partial charge in [-0.1, -0.05) is 45.0 Å². The molecule has 19 heavy (non-hydrogen) atoms. The minimum absolute atomic E-state index is 0.184. The Morgan fingerprint density at radius 3 is 2.16 bits per heavy atom. The van der Waals surface area contributed by atoms with Gasteiger partial charge in [0.05, 0.1) is 0 Å². The second-order valence-corrected chi connectivity index (χ2v) is 7.65. The monoisotopic (exact) mass is 268 g/mol. The van der Waals surface area contributed by atoms with Crippen LogP contribution >= 0.6 is 11.3 Å². The Morgan fingerprint density at radius 1 is 0.895 bits per heavy atom. The van der Waals surface area contributed by atoms with Gasteiger partial charge in [0, 0.05) is 15.0 Å². The normalized spacial score (nSPS) is 12.5. The van der Waals surface area contributed by atoms with E-state index in [0.29, 0.717) is 0 Å². The number of rotatable bonds is 0. The van der Waals surface area contributed by atoms with E-state index in [-0.39, 0.29) is 5.41 Å². The molecule has 0 aliphatic carbocycles. The van der Waals surface area contributed by atoms with Gasteiger partial charge in [-0.3, -0.25) is 0 Å². The number of benzene rings is 2. The van der Waals surface area contributed by atoms with Crippen LogP contribution in [0, 0.1) is 13.8 Å². The van der Waals surface area contributed by atoms with Crippen LogP contribution in [0.3, 0.4) is 0 Å². The highest BCUT2D eigenvalue weighted by Crippen LogP contribution is 2.42. The van der Waals surface area contributed by atoms with Gasteiger partial charge in [-0.15, -0.1) is 11.3 Å². The van der Waals surface area contributed by atoms with E-state index in [1.165, 1.54) is 36.9 Å². The topological polar surface area (TPSA) is 0 Å². The molecule has 0 amide bonds. The quantitative estimate of drug-likeness (QED) is 0.471. The van der Waals surface area contributed by atoms with E-state index in [4.69, 9.17) is 0 Å². The SMILES string of the molecule is Cc1cc2c(s1)c(C(C)(C)C)c(C)c1ccccc12. The first kappa shape index (κ1) is 12.7. The smallest absolute Gasteiger partial charge is 0.0392 e. The number of aryl methyl sites for hydroxylation is 2. The van der Waals surface area contributed by atoms with Crippen molar-refractivity contribution in [3.8, 4) is 0 Å². The largest absolute Gasteiger partial charge is 0.140 e. The zero-order valence-corrected chi connectivity index (χ0v) is 13.1. The van der Waals surface area contributed by atoms with Crippen molar-refractivity contribution in [3.05, 3.63) is 46.3 Å². The summed E-state index contributed by atoms with van der Waals surface area (Å²) in [6.45, 7) is 11.4. The summed E-state index contributed by atoms with van der Waals surface area (Å²) in [4.78, 5) is 1.40. The first-order valence-corrected chi connectivity index (χ1v) is 7.63. The molecule has 1 heteroatoms. The molecule has 0 aliphatic rings. The molecule has 0 fully saturated rings. The summed E-state index contributed by atoms with van der Waals surface area (Å²) in [7, 11) is 0. The van der Waals surface area contributed by atoms with Crippen molar-refractivity contribution in [2.24, 2.45) is 0 Å². The van der Waals surface area contributed by atoms with Crippen molar-refractivity contribution in [1.29, 1.82) is 0 Å². The van der Waals surface area contributed by atoms with Gasteiger partial charge in [0.2, 0.25) is 0 Å². The summed E-state index contributed by atoms with van der Waals surface area (Å²) in [5.41, 5.74) is 3.14. The van der Waals surface area contributed by atoms with Crippen molar-refractivity contribution in [2.75, 3.05) is 0 Å². The van der Waals surface area contributed by atoms with Crippen LogP contribution in [-0.4, -0.2) is 0 Å². The highest BCUT2D eigenvalue weighted by molar-refractivity contribution is 7.19. The first-order valence-electron chi connectivity index (χ1n) is 6.81. The summed E-state index contributed by atoms with van der Waals surface area (Å²) in [6, 6.07) is 11.1. The van der Waals surface area contributed by atoms with Gasteiger partial charge >= 0.3 is 0 Å². The Kier molecular flexibility index (Phi) is 2.72. The molecule has 0 bridgehead atoms. The standard InChI is InChI=1S/C18H20S/c1-11-10-15-14-9-7-6-8-13(14)12(2)16(17(15)19-11)18(3,4)5/h6-10H,1-5H3. The Balaban J connectivity index is 2.62. The third-order valence-electron chi connectivity index (χ3n) is 3.83. The van der Waals surface area contributed by atoms with E-state index in [0.717, 1.165) is 0 Å². The lowest BCUT2D eigenvalue weighted by atomic mass is 9.81. The third-order valence-corrected chi connectivity index (χ3v) is 4.90. The van der Waals surface area contributed by atoms with Crippen molar-refractivity contribution in [2.45, 2.75) is 40.0 Å².